The molecule has 0 aliphatic carbocycles. The van der Waals surface area contributed by atoms with E-state index in [-0.39, 0.29) is 6.04 Å². The van der Waals surface area contributed by atoms with E-state index in [1.165, 1.54) is 5.56 Å². The number of halogens is 1. The molecule has 2 unspecified atom stereocenters. The summed E-state index contributed by atoms with van der Waals surface area (Å²) in [4.78, 5) is 0. The first kappa shape index (κ1) is 17.5. The Balaban J connectivity index is 2.65. The van der Waals surface area contributed by atoms with Gasteiger partial charge in [0.15, 0.2) is 0 Å². The Morgan fingerprint density at radius 2 is 1.85 bits per heavy atom. The molecule has 0 bridgehead atoms. The van der Waals surface area contributed by atoms with Crippen LogP contribution in [0, 0.1) is 5.92 Å². The molecule has 2 nitrogen and oxygen atoms in total. The summed E-state index contributed by atoms with van der Waals surface area (Å²) in [7, 11) is 0. The van der Waals surface area contributed by atoms with Crippen molar-refractivity contribution in [2.75, 3.05) is 6.54 Å². The summed E-state index contributed by atoms with van der Waals surface area (Å²) in [6.45, 7) is 8.97. The fraction of sp³-hybridized carbons (Fsp3) is 0.647. The third-order valence-corrected chi connectivity index (χ3v) is 3.68. The van der Waals surface area contributed by atoms with E-state index in [4.69, 9.17) is 11.6 Å². The zero-order valence-corrected chi connectivity index (χ0v) is 13.9. The molecule has 0 saturated carbocycles. The molecule has 114 valence electrons. The highest BCUT2D eigenvalue weighted by Crippen LogP contribution is 2.22. The van der Waals surface area contributed by atoms with Crippen LogP contribution in [0.25, 0.3) is 0 Å². The lowest BCUT2D eigenvalue weighted by atomic mass is 9.93. The molecule has 20 heavy (non-hydrogen) atoms. The summed E-state index contributed by atoms with van der Waals surface area (Å²) in [6, 6.07) is 8.25. The lowest BCUT2D eigenvalue weighted by Gasteiger charge is -2.29. The van der Waals surface area contributed by atoms with Crippen molar-refractivity contribution in [3.63, 3.8) is 0 Å². The van der Waals surface area contributed by atoms with Gasteiger partial charge in [0.05, 0.1) is 5.60 Å². The first-order chi connectivity index (χ1) is 9.34. The number of nitrogens with one attached hydrogen (secondary N) is 1. The number of hydrogen-bond acceptors (Lipinski definition) is 2. The van der Waals surface area contributed by atoms with Crippen molar-refractivity contribution >= 4 is 11.6 Å². The number of rotatable bonds is 8. The Bertz CT molecular complexity index is 386. The zero-order chi connectivity index (χ0) is 15.2. The lowest BCUT2D eigenvalue weighted by molar-refractivity contribution is 0.0355. The van der Waals surface area contributed by atoms with Crippen molar-refractivity contribution in [3.05, 3.63) is 34.9 Å². The maximum Gasteiger partial charge on any atom is 0.0746 e. The predicted octanol–water partition coefficient (Wildman–Crippen LogP) is 4.57. The molecule has 2 N–H and O–H groups in total. The van der Waals surface area contributed by atoms with Gasteiger partial charge >= 0.3 is 0 Å². The van der Waals surface area contributed by atoms with Crippen LogP contribution in [0.2, 0.25) is 5.02 Å². The van der Waals surface area contributed by atoms with Gasteiger partial charge in [-0.15, -0.1) is 0 Å². The van der Waals surface area contributed by atoms with Crippen LogP contribution in [0.5, 0.6) is 0 Å². The number of aliphatic hydroxyl groups is 1. The van der Waals surface area contributed by atoms with E-state index >= 15 is 0 Å². The van der Waals surface area contributed by atoms with Gasteiger partial charge in [-0.05, 0) is 43.4 Å². The summed E-state index contributed by atoms with van der Waals surface area (Å²) in [6.07, 6.45) is 2.96. The highest BCUT2D eigenvalue weighted by molar-refractivity contribution is 6.30. The van der Waals surface area contributed by atoms with E-state index in [0.717, 1.165) is 24.3 Å². The molecule has 1 rings (SSSR count). The molecule has 0 radical (unpaired) electrons. The van der Waals surface area contributed by atoms with E-state index in [1.54, 1.807) is 0 Å². The van der Waals surface area contributed by atoms with E-state index < -0.39 is 5.60 Å². The summed E-state index contributed by atoms with van der Waals surface area (Å²) in [5.74, 6) is 0.493. The van der Waals surface area contributed by atoms with Crippen molar-refractivity contribution in [2.45, 2.75) is 58.6 Å². The molecular formula is C17H28ClNO. The molecule has 1 aromatic carbocycles. The molecule has 1 aromatic rings. The molecule has 0 amide bonds. The minimum absolute atomic E-state index is 0.274. The average Bonchev–Trinajstić information content (AvgIpc) is 2.34. The Kier molecular flexibility index (Phi) is 7.01. The van der Waals surface area contributed by atoms with E-state index in [0.29, 0.717) is 12.5 Å². The molecule has 0 saturated heterocycles. The van der Waals surface area contributed by atoms with E-state index in [9.17, 15) is 5.11 Å². The summed E-state index contributed by atoms with van der Waals surface area (Å²) >= 11 is 5.94. The summed E-state index contributed by atoms with van der Waals surface area (Å²) in [5, 5.41) is 14.7. The normalized spacial score (nSPS) is 16.1. The average molecular weight is 298 g/mol. The largest absolute Gasteiger partial charge is 0.389 e. The Morgan fingerprint density at radius 1 is 1.25 bits per heavy atom. The monoisotopic (exact) mass is 297 g/mol. The minimum atomic E-state index is -0.660. The van der Waals surface area contributed by atoms with Crippen molar-refractivity contribution in [2.24, 2.45) is 5.92 Å². The Labute approximate surface area is 128 Å². The van der Waals surface area contributed by atoms with Crippen LogP contribution in [-0.2, 0) is 0 Å². The third kappa shape index (κ3) is 6.25. The van der Waals surface area contributed by atoms with Crippen LogP contribution in [0.1, 0.15) is 58.6 Å². The molecule has 0 aliphatic heterocycles. The van der Waals surface area contributed by atoms with Crippen LogP contribution >= 0.6 is 11.6 Å². The summed E-state index contributed by atoms with van der Waals surface area (Å²) < 4.78 is 0. The number of benzene rings is 1. The van der Waals surface area contributed by atoms with Gasteiger partial charge in [-0.25, -0.2) is 0 Å². The second-order valence-corrected chi connectivity index (χ2v) is 6.81. The zero-order valence-electron chi connectivity index (χ0n) is 13.1. The molecule has 0 spiro atoms. The van der Waals surface area contributed by atoms with Crippen LogP contribution in [0.15, 0.2) is 24.3 Å². The fourth-order valence-electron chi connectivity index (χ4n) is 2.67. The van der Waals surface area contributed by atoms with Gasteiger partial charge in [-0.3, -0.25) is 0 Å². The van der Waals surface area contributed by atoms with Gasteiger partial charge < -0.3 is 10.4 Å². The van der Waals surface area contributed by atoms with Crippen molar-refractivity contribution in [1.29, 1.82) is 0 Å². The lowest BCUT2D eigenvalue weighted by Crippen LogP contribution is -2.40. The van der Waals surface area contributed by atoms with Gasteiger partial charge in [0, 0.05) is 17.6 Å². The minimum Gasteiger partial charge on any atom is -0.389 e. The van der Waals surface area contributed by atoms with E-state index in [1.807, 2.05) is 19.1 Å². The smallest absolute Gasteiger partial charge is 0.0746 e. The van der Waals surface area contributed by atoms with Crippen LogP contribution in [0.4, 0.5) is 0 Å². The van der Waals surface area contributed by atoms with Gasteiger partial charge in [0.2, 0.25) is 0 Å². The van der Waals surface area contributed by atoms with Crippen molar-refractivity contribution in [1.82, 2.24) is 5.32 Å². The second kappa shape index (κ2) is 8.02. The standard InChI is InChI=1S/C17H28ClNO/c1-5-6-16(14-7-9-15(18)10-8-14)19-12-17(4,20)11-13(2)3/h7-10,13,16,19-20H,5-6,11-12H2,1-4H3. The Morgan fingerprint density at radius 3 is 2.35 bits per heavy atom. The molecule has 0 aromatic heterocycles. The van der Waals surface area contributed by atoms with Gasteiger partial charge in [-0.1, -0.05) is 50.9 Å². The quantitative estimate of drug-likeness (QED) is 0.737. The van der Waals surface area contributed by atoms with Crippen LogP contribution in [-0.4, -0.2) is 17.3 Å². The predicted molar refractivity (Wildman–Crippen MR) is 87.2 cm³/mol. The summed E-state index contributed by atoms with van der Waals surface area (Å²) in [5.41, 5.74) is 0.573. The highest BCUT2D eigenvalue weighted by Gasteiger charge is 2.23. The molecule has 0 fully saturated rings. The molecule has 0 heterocycles. The van der Waals surface area contributed by atoms with Crippen LogP contribution in [0.3, 0.4) is 0 Å². The van der Waals surface area contributed by atoms with Crippen molar-refractivity contribution < 1.29 is 5.11 Å². The SMILES string of the molecule is CCCC(NCC(C)(O)CC(C)C)c1ccc(Cl)cc1. The Hall–Kier alpha value is -0.570. The third-order valence-electron chi connectivity index (χ3n) is 3.43. The molecule has 0 aliphatic rings. The first-order valence-electron chi connectivity index (χ1n) is 7.55. The second-order valence-electron chi connectivity index (χ2n) is 6.37. The molecule has 2 atom stereocenters. The molecule has 3 heteroatoms. The topological polar surface area (TPSA) is 32.3 Å². The van der Waals surface area contributed by atoms with Gasteiger partial charge in [-0.2, -0.15) is 0 Å². The van der Waals surface area contributed by atoms with E-state index in [2.05, 4.69) is 38.2 Å². The maximum atomic E-state index is 10.4. The van der Waals surface area contributed by atoms with Gasteiger partial charge in [0.1, 0.15) is 0 Å². The molecular weight excluding hydrogens is 270 g/mol. The van der Waals surface area contributed by atoms with Gasteiger partial charge in [0.25, 0.3) is 0 Å². The number of hydrogen-bond donors (Lipinski definition) is 2. The van der Waals surface area contributed by atoms with Crippen LogP contribution < -0.4 is 5.32 Å². The maximum absolute atomic E-state index is 10.4. The van der Waals surface area contributed by atoms with Crippen molar-refractivity contribution in [3.8, 4) is 0 Å². The highest BCUT2D eigenvalue weighted by atomic mass is 35.5. The first-order valence-corrected chi connectivity index (χ1v) is 7.93. The fourth-order valence-corrected chi connectivity index (χ4v) is 2.79.